The molecule has 0 aromatic heterocycles. The number of likely N-dealkylation sites (N-methyl/N-ethyl adjacent to an activating group) is 1. The third-order valence-electron chi connectivity index (χ3n) is 5.07. The van der Waals surface area contributed by atoms with E-state index in [1.165, 1.54) is 45.1 Å². The molecule has 2 rings (SSSR count). The molecule has 1 heterocycles. The molecule has 1 saturated carbocycles. The van der Waals surface area contributed by atoms with Crippen LogP contribution >= 0.6 is 24.0 Å². The smallest absolute Gasteiger partial charge is 0.191 e. The average molecular weight is 422 g/mol. The lowest BCUT2D eigenvalue weighted by Crippen LogP contribution is -2.45. The Labute approximate surface area is 153 Å². The molecule has 1 aliphatic heterocycles. The molecule has 4 nitrogen and oxygen atoms in total. The van der Waals surface area contributed by atoms with Crippen molar-refractivity contribution >= 4 is 29.9 Å². The Kier molecular flexibility index (Phi) is 9.71. The van der Waals surface area contributed by atoms with Gasteiger partial charge in [0.15, 0.2) is 5.96 Å². The van der Waals surface area contributed by atoms with Gasteiger partial charge in [-0.2, -0.15) is 0 Å². The second-order valence-corrected chi connectivity index (χ2v) is 6.75. The number of likely N-dealkylation sites (tertiary alicyclic amines) is 1. The number of nitrogens with one attached hydrogen (secondary N) is 2. The topological polar surface area (TPSA) is 39.7 Å². The van der Waals surface area contributed by atoms with E-state index in [4.69, 9.17) is 4.99 Å². The van der Waals surface area contributed by atoms with E-state index in [2.05, 4.69) is 36.3 Å². The summed E-state index contributed by atoms with van der Waals surface area (Å²) in [4.78, 5) is 7.42. The van der Waals surface area contributed by atoms with Crippen LogP contribution in [-0.2, 0) is 0 Å². The van der Waals surface area contributed by atoms with Gasteiger partial charge in [-0.3, -0.25) is 9.89 Å². The fourth-order valence-corrected chi connectivity index (χ4v) is 3.63. The molecule has 1 unspecified atom stereocenters. The lowest BCUT2D eigenvalue weighted by Gasteiger charge is -2.28. The van der Waals surface area contributed by atoms with Crippen LogP contribution in [0.4, 0.5) is 0 Å². The van der Waals surface area contributed by atoms with Crippen LogP contribution in [0.3, 0.4) is 0 Å². The molecule has 2 N–H and O–H groups in total. The zero-order chi connectivity index (χ0) is 15.1. The highest BCUT2D eigenvalue weighted by Gasteiger charge is 2.23. The normalized spacial score (nSPS) is 30.0. The van der Waals surface area contributed by atoms with Crippen molar-refractivity contribution in [1.29, 1.82) is 0 Å². The van der Waals surface area contributed by atoms with E-state index in [0.29, 0.717) is 12.1 Å². The maximum absolute atomic E-state index is 4.86. The van der Waals surface area contributed by atoms with Gasteiger partial charge in [-0.25, -0.2) is 0 Å². The van der Waals surface area contributed by atoms with Crippen molar-refractivity contribution in [3.05, 3.63) is 0 Å². The molecule has 0 aromatic carbocycles. The first-order valence-corrected chi connectivity index (χ1v) is 9.01. The number of halogens is 1. The van der Waals surface area contributed by atoms with E-state index in [-0.39, 0.29) is 24.0 Å². The second-order valence-electron chi connectivity index (χ2n) is 6.75. The van der Waals surface area contributed by atoms with Gasteiger partial charge in [0.05, 0.1) is 6.54 Å². The number of aliphatic imine (C=N–C) groups is 1. The Morgan fingerprint density at radius 2 is 1.86 bits per heavy atom. The maximum Gasteiger partial charge on any atom is 0.191 e. The third-order valence-corrected chi connectivity index (χ3v) is 5.07. The molecule has 2 aliphatic rings. The van der Waals surface area contributed by atoms with E-state index in [9.17, 15) is 0 Å². The van der Waals surface area contributed by atoms with Crippen molar-refractivity contribution in [3.8, 4) is 0 Å². The molecule has 0 aromatic rings. The summed E-state index contributed by atoms with van der Waals surface area (Å²) in [6.07, 6.45) is 7.91. The molecule has 0 radical (unpaired) electrons. The summed E-state index contributed by atoms with van der Waals surface area (Å²) < 4.78 is 0. The Hall–Kier alpha value is -0.0400. The largest absolute Gasteiger partial charge is 0.357 e. The van der Waals surface area contributed by atoms with E-state index >= 15 is 0 Å². The highest BCUT2D eigenvalue weighted by Crippen LogP contribution is 2.23. The van der Waals surface area contributed by atoms with Crippen molar-refractivity contribution in [2.45, 2.75) is 71.4 Å². The first kappa shape index (κ1) is 20.0. The van der Waals surface area contributed by atoms with Crippen LogP contribution in [0.25, 0.3) is 0 Å². The SMILES string of the molecule is CCNC(=NCC1CCCN1CC)NC1CCC(C)CC1.I. The summed E-state index contributed by atoms with van der Waals surface area (Å²) in [5.74, 6) is 1.93. The average Bonchev–Trinajstić information content (AvgIpc) is 2.95. The van der Waals surface area contributed by atoms with Crippen molar-refractivity contribution in [1.82, 2.24) is 15.5 Å². The number of rotatable bonds is 5. The van der Waals surface area contributed by atoms with Gasteiger partial charge >= 0.3 is 0 Å². The fourth-order valence-electron chi connectivity index (χ4n) is 3.63. The highest BCUT2D eigenvalue weighted by atomic mass is 127. The Morgan fingerprint density at radius 3 is 2.50 bits per heavy atom. The summed E-state index contributed by atoms with van der Waals surface area (Å²) in [6.45, 7) is 11.1. The number of hydrogen-bond acceptors (Lipinski definition) is 2. The minimum Gasteiger partial charge on any atom is -0.357 e. The van der Waals surface area contributed by atoms with E-state index in [0.717, 1.165) is 31.5 Å². The van der Waals surface area contributed by atoms with Crippen LogP contribution < -0.4 is 10.6 Å². The van der Waals surface area contributed by atoms with E-state index in [1.54, 1.807) is 0 Å². The highest BCUT2D eigenvalue weighted by molar-refractivity contribution is 14.0. The summed E-state index contributed by atoms with van der Waals surface area (Å²) in [5, 5.41) is 7.07. The lowest BCUT2D eigenvalue weighted by atomic mass is 9.87. The van der Waals surface area contributed by atoms with Gasteiger partial charge in [0.2, 0.25) is 0 Å². The first-order valence-electron chi connectivity index (χ1n) is 9.01. The fraction of sp³-hybridized carbons (Fsp3) is 0.941. The van der Waals surface area contributed by atoms with Gasteiger partial charge < -0.3 is 10.6 Å². The minimum atomic E-state index is 0. The molecule has 5 heteroatoms. The van der Waals surface area contributed by atoms with Gasteiger partial charge in [-0.15, -0.1) is 24.0 Å². The van der Waals surface area contributed by atoms with Crippen molar-refractivity contribution in [3.63, 3.8) is 0 Å². The third kappa shape index (κ3) is 6.22. The molecule has 0 bridgehead atoms. The zero-order valence-electron chi connectivity index (χ0n) is 14.6. The van der Waals surface area contributed by atoms with Gasteiger partial charge in [-0.1, -0.05) is 13.8 Å². The standard InChI is InChI=1S/C17H34N4.HI/c1-4-18-17(20-15-10-8-14(3)9-11-15)19-13-16-7-6-12-21(16)5-2;/h14-16H,4-13H2,1-3H3,(H2,18,19,20);1H. The monoisotopic (exact) mass is 422 g/mol. The molecule has 0 spiro atoms. The van der Waals surface area contributed by atoms with Crippen molar-refractivity contribution in [2.75, 3.05) is 26.2 Å². The molecule has 1 aliphatic carbocycles. The van der Waals surface area contributed by atoms with Gasteiger partial charge in [0, 0.05) is 18.6 Å². The maximum atomic E-state index is 4.86. The predicted molar refractivity (Wildman–Crippen MR) is 106 cm³/mol. The molecule has 22 heavy (non-hydrogen) atoms. The molecule has 1 atom stereocenters. The van der Waals surface area contributed by atoms with Crippen LogP contribution in [0.15, 0.2) is 4.99 Å². The number of nitrogens with zero attached hydrogens (tertiary/aromatic N) is 2. The molecule has 130 valence electrons. The van der Waals surface area contributed by atoms with Crippen molar-refractivity contribution < 1.29 is 0 Å². The minimum absolute atomic E-state index is 0. The molecule has 0 amide bonds. The van der Waals surface area contributed by atoms with Crippen LogP contribution in [0, 0.1) is 5.92 Å². The Bertz CT molecular complexity index is 327. The van der Waals surface area contributed by atoms with E-state index < -0.39 is 0 Å². The summed E-state index contributed by atoms with van der Waals surface area (Å²) in [6, 6.07) is 1.27. The molecular formula is C17H35IN4. The second kappa shape index (κ2) is 10.7. The van der Waals surface area contributed by atoms with Crippen LogP contribution in [0.5, 0.6) is 0 Å². The molecule has 1 saturated heterocycles. The Morgan fingerprint density at radius 1 is 1.14 bits per heavy atom. The Balaban J connectivity index is 0.00000242. The van der Waals surface area contributed by atoms with Gasteiger partial charge in [0.25, 0.3) is 0 Å². The summed E-state index contributed by atoms with van der Waals surface area (Å²) in [5.41, 5.74) is 0. The van der Waals surface area contributed by atoms with Crippen molar-refractivity contribution in [2.24, 2.45) is 10.9 Å². The summed E-state index contributed by atoms with van der Waals surface area (Å²) >= 11 is 0. The lowest BCUT2D eigenvalue weighted by molar-refractivity contribution is 0.272. The molecular weight excluding hydrogens is 387 g/mol. The first-order chi connectivity index (χ1) is 10.2. The van der Waals surface area contributed by atoms with Gasteiger partial charge in [-0.05, 0) is 64.5 Å². The molecule has 2 fully saturated rings. The quantitative estimate of drug-likeness (QED) is 0.406. The van der Waals surface area contributed by atoms with Crippen LogP contribution in [0.1, 0.15) is 59.3 Å². The number of hydrogen-bond donors (Lipinski definition) is 2. The van der Waals surface area contributed by atoms with Gasteiger partial charge in [0.1, 0.15) is 0 Å². The zero-order valence-corrected chi connectivity index (χ0v) is 16.9. The van der Waals surface area contributed by atoms with Crippen LogP contribution in [0.2, 0.25) is 0 Å². The predicted octanol–water partition coefficient (Wildman–Crippen LogP) is 3.22. The van der Waals surface area contributed by atoms with Crippen LogP contribution in [-0.4, -0.2) is 49.1 Å². The summed E-state index contributed by atoms with van der Waals surface area (Å²) in [7, 11) is 0. The van der Waals surface area contributed by atoms with E-state index in [1.807, 2.05) is 0 Å². The number of guanidine groups is 1.